The Balaban J connectivity index is 1.59. The molecule has 1 atom stereocenters. The molecule has 2 heterocycles. The van der Waals surface area contributed by atoms with Crippen molar-refractivity contribution in [2.24, 2.45) is 7.05 Å². The van der Waals surface area contributed by atoms with E-state index in [1.165, 1.54) is 0 Å². The number of rotatable bonds is 5. The number of carbonyl (C=O) groups excluding carboxylic acids is 1. The van der Waals surface area contributed by atoms with E-state index in [9.17, 15) is 4.79 Å². The summed E-state index contributed by atoms with van der Waals surface area (Å²) in [6, 6.07) is 32.7. The summed E-state index contributed by atoms with van der Waals surface area (Å²) in [7, 11) is 3.77. The normalized spacial score (nSPS) is 14.9. The highest BCUT2D eigenvalue weighted by Crippen LogP contribution is 2.47. The molecule has 1 amide bonds. The molecule has 5 aromatic rings. The predicted octanol–water partition coefficient (Wildman–Crippen LogP) is 7.36. The van der Waals surface area contributed by atoms with Crippen LogP contribution in [0.5, 0.6) is 5.75 Å². The van der Waals surface area contributed by atoms with Gasteiger partial charge in [0.1, 0.15) is 5.75 Å². The van der Waals surface area contributed by atoms with Gasteiger partial charge in [0.2, 0.25) is 0 Å². The summed E-state index contributed by atoms with van der Waals surface area (Å²) >= 11 is 3.57. The Morgan fingerprint density at radius 2 is 1.56 bits per heavy atom. The molecule has 36 heavy (non-hydrogen) atoms. The van der Waals surface area contributed by atoms with Gasteiger partial charge in [0, 0.05) is 40.1 Å². The fourth-order valence-corrected chi connectivity index (χ4v) is 5.69. The number of carbonyl (C=O) groups is 1. The molecular weight excluding hydrogens is 512 g/mol. The predicted molar refractivity (Wildman–Crippen MR) is 147 cm³/mol. The summed E-state index contributed by atoms with van der Waals surface area (Å²) in [5.74, 6) is 0.860. The van der Waals surface area contributed by atoms with Crippen LogP contribution in [0.1, 0.15) is 33.1 Å². The lowest BCUT2D eigenvalue weighted by molar-refractivity contribution is 0.0737. The molecule has 0 spiro atoms. The van der Waals surface area contributed by atoms with Crippen molar-refractivity contribution in [3.8, 4) is 17.0 Å². The zero-order valence-electron chi connectivity index (χ0n) is 20.1. The third-order valence-electron chi connectivity index (χ3n) is 7.11. The Morgan fingerprint density at radius 3 is 2.31 bits per heavy atom. The van der Waals surface area contributed by atoms with Gasteiger partial charge in [-0.3, -0.25) is 4.79 Å². The molecule has 1 aliphatic heterocycles. The molecule has 0 saturated heterocycles. The number of benzene rings is 4. The van der Waals surface area contributed by atoms with E-state index >= 15 is 0 Å². The van der Waals surface area contributed by atoms with E-state index < -0.39 is 0 Å². The van der Waals surface area contributed by atoms with Crippen LogP contribution in [0, 0.1) is 0 Å². The van der Waals surface area contributed by atoms with Gasteiger partial charge >= 0.3 is 0 Å². The highest BCUT2D eigenvalue weighted by atomic mass is 79.9. The molecule has 0 fully saturated rings. The van der Waals surface area contributed by atoms with Gasteiger partial charge in [-0.15, -0.1) is 0 Å². The summed E-state index contributed by atoms with van der Waals surface area (Å²) < 4.78 is 8.63. The SMILES string of the molecule is COc1ccc(CN2C(=O)c3ccccc3C2c2c(-c3ccc(Br)cc3)n(C)c3ccccc23)cc1. The molecule has 0 radical (unpaired) electrons. The number of ether oxygens (including phenoxy) is 1. The van der Waals surface area contributed by atoms with Crippen molar-refractivity contribution in [2.45, 2.75) is 12.6 Å². The molecule has 6 rings (SSSR count). The maximum atomic E-state index is 13.8. The van der Waals surface area contributed by atoms with E-state index in [1.807, 2.05) is 47.4 Å². The fourth-order valence-electron chi connectivity index (χ4n) is 5.43. The molecule has 0 N–H and O–H groups in total. The van der Waals surface area contributed by atoms with Gasteiger partial charge in [-0.05, 0) is 53.1 Å². The second-order valence-electron chi connectivity index (χ2n) is 9.12. The van der Waals surface area contributed by atoms with Crippen molar-refractivity contribution in [2.75, 3.05) is 7.11 Å². The lowest BCUT2D eigenvalue weighted by Gasteiger charge is -2.27. The first-order valence-corrected chi connectivity index (χ1v) is 12.7. The summed E-state index contributed by atoms with van der Waals surface area (Å²) in [5.41, 5.74) is 7.42. The van der Waals surface area contributed by atoms with Gasteiger partial charge in [0.15, 0.2) is 0 Å². The van der Waals surface area contributed by atoms with Crippen LogP contribution >= 0.6 is 15.9 Å². The van der Waals surface area contributed by atoms with E-state index in [1.54, 1.807) is 7.11 Å². The molecule has 4 nitrogen and oxygen atoms in total. The number of hydrogen-bond donors (Lipinski definition) is 0. The number of halogens is 1. The Kier molecular flexibility index (Phi) is 5.65. The van der Waals surface area contributed by atoms with Gasteiger partial charge in [0.25, 0.3) is 5.91 Å². The summed E-state index contributed by atoms with van der Waals surface area (Å²) in [4.78, 5) is 15.8. The van der Waals surface area contributed by atoms with Crippen LogP contribution < -0.4 is 4.74 Å². The number of para-hydroxylation sites is 1. The van der Waals surface area contributed by atoms with Gasteiger partial charge < -0.3 is 14.2 Å². The van der Waals surface area contributed by atoms with E-state index in [0.717, 1.165) is 54.6 Å². The van der Waals surface area contributed by atoms with Crippen LogP contribution in [0.4, 0.5) is 0 Å². The number of methoxy groups -OCH3 is 1. The molecule has 1 aromatic heterocycles. The Morgan fingerprint density at radius 1 is 0.861 bits per heavy atom. The second kappa shape index (κ2) is 8.99. The minimum atomic E-state index is -0.208. The third-order valence-corrected chi connectivity index (χ3v) is 7.64. The average Bonchev–Trinajstić information content (AvgIpc) is 3.36. The van der Waals surface area contributed by atoms with Crippen molar-refractivity contribution in [3.05, 3.63) is 124 Å². The second-order valence-corrected chi connectivity index (χ2v) is 10.0. The summed E-state index contributed by atoms with van der Waals surface area (Å²) in [6.07, 6.45) is 0. The molecule has 4 aromatic carbocycles. The Bertz CT molecular complexity index is 1590. The number of amides is 1. The highest BCUT2D eigenvalue weighted by Gasteiger charge is 2.40. The first-order valence-electron chi connectivity index (χ1n) is 11.9. The molecule has 178 valence electrons. The monoisotopic (exact) mass is 536 g/mol. The van der Waals surface area contributed by atoms with Crippen LogP contribution in [-0.2, 0) is 13.6 Å². The van der Waals surface area contributed by atoms with Crippen molar-refractivity contribution < 1.29 is 9.53 Å². The summed E-state index contributed by atoms with van der Waals surface area (Å²) in [6.45, 7) is 0.505. The molecule has 1 aliphatic rings. The minimum absolute atomic E-state index is 0.0566. The van der Waals surface area contributed by atoms with E-state index in [2.05, 4.69) is 82.1 Å². The maximum absolute atomic E-state index is 13.8. The number of aromatic nitrogens is 1. The lowest BCUT2D eigenvalue weighted by Crippen LogP contribution is -2.28. The smallest absolute Gasteiger partial charge is 0.255 e. The first kappa shape index (κ1) is 22.6. The van der Waals surface area contributed by atoms with E-state index in [0.29, 0.717) is 6.54 Å². The fraction of sp³-hybridized carbons (Fsp3) is 0.129. The van der Waals surface area contributed by atoms with Crippen molar-refractivity contribution >= 4 is 32.7 Å². The molecular formula is C31H25BrN2O2. The van der Waals surface area contributed by atoms with Crippen LogP contribution in [0.3, 0.4) is 0 Å². The zero-order chi connectivity index (χ0) is 24.8. The highest BCUT2D eigenvalue weighted by molar-refractivity contribution is 9.10. The standard InChI is InChI=1S/C31H25BrN2O2/c1-33-27-10-6-5-9-26(27)28(29(33)21-13-15-22(32)16-14-21)30-24-7-3-4-8-25(24)31(35)34(30)19-20-11-17-23(36-2)18-12-20/h3-18,30H,19H2,1-2H3. The molecule has 5 heteroatoms. The number of fused-ring (bicyclic) bond motifs is 2. The lowest BCUT2D eigenvalue weighted by atomic mass is 9.93. The van der Waals surface area contributed by atoms with Gasteiger partial charge in [-0.25, -0.2) is 0 Å². The van der Waals surface area contributed by atoms with Gasteiger partial charge in [-0.1, -0.05) is 76.6 Å². The van der Waals surface area contributed by atoms with Crippen LogP contribution in [0.2, 0.25) is 0 Å². The molecule has 0 saturated carbocycles. The number of nitrogens with zero attached hydrogens (tertiary/aromatic N) is 2. The zero-order valence-corrected chi connectivity index (χ0v) is 21.7. The minimum Gasteiger partial charge on any atom is -0.497 e. The first-order chi connectivity index (χ1) is 17.6. The molecule has 0 bridgehead atoms. The van der Waals surface area contributed by atoms with Crippen molar-refractivity contribution in [1.82, 2.24) is 9.47 Å². The Hall–Kier alpha value is -3.83. The molecule has 0 aliphatic carbocycles. The number of hydrogen-bond acceptors (Lipinski definition) is 2. The van der Waals surface area contributed by atoms with Crippen LogP contribution in [-0.4, -0.2) is 22.5 Å². The van der Waals surface area contributed by atoms with Crippen LogP contribution in [0.15, 0.2) is 102 Å². The Labute approximate surface area is 218 Å². The largest absolute Gasteiger partial charge is 0.497 e. The quantitative estimate of drug-likeness (QED) is 0.235. The van der Waals surface area contributed by atoms with Gasteiger partial charge in [0.05, 0.1) is 18.8 Å². The topological polar surface area (TPSA) is 34.5 Å². The van der Waals surface area contributed by atoms with Crippen molar-refractivity contribution in [1.29, 1.82) is 0 Å². The summed E-state index contributed by atoms with van der Waals surface area (Å²) in [5, 5.41) is 1.16. The van der Waals surface area contributed by atoms with Crippen LogP contribution in [0.25, 0.3) is 22.2 Å². The van der Waals surface area contributed by atoms with E-state index in [4.69, 9.17) is 4.74 Å². The molecule has 1 unspecified atom stereocenters. The maximum Gasteiger partial charge on any atom is 0.255 e. The number of aryl methyl sites for hydroxylation is 1. The third kappa shape index (κ3) is 3.62. The van der Waals surface area contributed by atoms with Gasteiger partial charge in [-0.2, -0.15) is 0 Å². The average molecular weight is 537 g/mol. The van der Waals surface area contributed by atoms with E-state index in [-0.39, 0.29) is 11.9 Å². The van der Waals surface area contributed by atoms with Crippen molar-refractivity contribution in [3.63, 3.8) is 0 Å².